The van der Waals surface area contributed by atoms with Crippen LogP contribution in [0.5, 0.6) is 0 Å². The highest BCUT2D eigenvalue weighted by Gasteiger charge is 2.07. The zero-order chi connectivity index (χ0) is 10.4. The van der Waals surface area contributed by atoms with Crippen molar-refractivity contribution in [1.29, 1.82) is 0 Å². The van der Waals surface area contributed by atoms with Gasteiger partial charge in [-0.25, -0.2) is 4.98 Å². The first-order chi connectivity index (χ1) is 6.72. The van der Waals surface area contributed by atoms with E-state index in [-0.39, 0.29) is 0 Å². The lowest BCUT2D eigenvalue weighted by atomic mass is 9.95. The van der Waals surface area contributed by atoms with Gasteiger partial charge in [-0.2, -0.15) is 0 Å². The van der Waals surface area contributed by atoms with Crippen molar-refractivity contribution in [3.05, 3.63) is 31.4 Å². The molecule has 0 aliphatic carbocycles. The Balaban J connectivity index is 2.28. The minimum absolute atomic E-state index is 0.708. The summed E-state index contributed by atoms with van der Waals surface area (Å²) >= 11 is 0. The van der Waals surface area contributed by atoms with E-state index in [0.29, 0.717) is 5.92 Å². The molecule has 0 spiro atoms. The van der Waals surface area contributed by atoms with Gasteiger partial charge in [-0.3, -0.25) is 0 Å². The molecule has 0 radical (unpaired) electrons. The Bertz CT molecular complexity index is 251. The number of aromatic nitrogens is 2. The van der Waals surface area contributed by atoms with E-state index in [1.807, 2.05) is 24.8 Å². The van der Waals surface area contributed by atoms with E-state index in [2.05, 4.69) is 30.0 Å². The molecule has 14 heavy (non-hydrogen) atoms. The third-order valence-electron chi connectivity index (χ3n) is 2.46. The SMILES string of the molecule is C=CCC(C)CC(C)Cn1ccnc1. The first kappa shape index (κ1) is 11.0. The molecule has 2 nitrogen and oxygen atoms in total. The molecule has 1 heterocycles. The molecule has 0 saturated heterocycles. The molecule has 0 amide bonds. The molecule has 78 valence electrons. The standard InChI is InChI=1S/C12H20N2/c1-4-5-11(2)8-12(3)9-14-7-6-13-10-14/h4,6-7,10-12H,1,5,8-9H2,2-3H3. The predicted octanol–water partition coefficient (Wildman–Crippen LogP) is 3.12. The summed E-state index contributed by atoms with van der Waals surface area (Å²) in [5.41, 5.74) is 0. The van der Waals surface area contributed by atoms with Crippen LogP contribution in [0.3, 0.4) is 0 Å². The van der Waals surface area contributed by atoms with E-state index in [4.69, 9.17) is 0 Å². The number of nitrogens with zero attached hydrogens (tertiary/aromatic N) is 2. The maximum atomic E-state index is 4.04. The highest BCUT2D eigenvalue weighted by atomic mass is 15.0. The van der Waals surface area contributed by atoms with Crippen molar-refractivity contribution >= 4 is 0 Å². The summed E-state index contributed by atoms with van der Waals surface area (Å²) < 4.78 is 2.14. The van der Waals surface area contributed by atoms with Crippen LogP contribution >= 0.6 is 0 Å². The maximum absolute atomic E-state index is 4.04. The van der Waals surface area contributed by atoms with Gasteiger partial charge in [0.05, 0.1) is 6.33 Å². The van der Waals surface area contributed by atoms with Crippen molar-refractivity contribution in [1.82, 2.24) is 9.55 Å². The molecule has 0 aromatic carbocycles. The van der Waals surface area contributed by atoms with Crippen molar-refractivity contribution in [2.75, 3.05) is 0 Å². The van der Waals surface area contributed by atoms with Gasteiger partial charge in [-0.1, -0.05) is 19.9 Å². The molecular weight excluding hydrogens is 172 g/mol. The number of rotatable bonds is 6. The van der Waals surface area contributed by atoms with Crippen molar-refractivity contribution in [3.8, 4) is 0 Å². The van der Waals surface area contributed by atoms with Crippen LogP contribution in [0, 0.1) is 11.8 Å². The van der Waals surface area contributed by atoms with Gasteiger partial charge in [0, 0.05) is 18.9 Å². The van der Waals surface area contributed by atoms with Crippen LogP contribution in [0.2, 0.25) is 0 Å². The zero-order valence-corrected chi connectivity index (χ0v) is 9.19. The predicted molar refractivity (Wildman–Crippen MR) is 60.0 cm³/mol. The van der Waals surface area contributed by atoms with Crippen LogP contribution < -0.4 is 0 Å². The molecule has 0 aliphatic rings. The zero-order valence-electron chi connectivity index (χ0n) is 9.19. The van der Waals surface area contributed by atoms with Crippen LogP contribution in [0.1, 0.15) is 26.7 Å². The first-order valence-corrected chi connectivity index (χ1v) is 5.29. The van der Waals surface area contributed by atoms with E-state index in [9.17, 15) is 0 Å². The van der Waals surface area contributed by atoms with Gasteiger partial charge < -0.3 is 4.57 Å². The van der Waals surface area contributed by atoms with E-state index < -0.39 is 0 Å². The molecule has 2 heteroatoms. The van der Waals surface area contributed by atoms with Gasteiger partial charge in [-0.15, -0.1) is 6.58 Å². The Morgan fingerprint density at radius 1 is 1.43 bits per heavy atom. The number of imidazole rings is 1. The second kappa shape index (κ2) is 5.63. The van der Waals surface area contributed by atoms with Crippen LogP contribution in [-0.2, 0) is 6.54 Å². The third kappa shape index (κ3) is 3.77. The van der Waals surface area contributed by atoms with Crippen molar-refractivity contribution in [2.45, 2.75) is 33.2 Å². The van der Waals surface area contributed by atoms with Crippen molar-refractivity contribution in [2.24, 2.45) is 11.8 Å². The molecule has 2 unspecified atom stereocenters. The van der Waals surface area contributed by atoms with Crippen LogP contribution in [0.4, 0.5) is 0 Å². The van der Waals surface area contributed by atoms with Crippen LogP contribution in [-0.4, -0.2) is 9.55 Å². The summed E-state index contributed by atoms with van der Waals surface area (Å²) in [4.78, 5) is 4.04. The average Bonchev–Trinajstić information content (AvgIpc) is 2.56. The summed E-state index contributed by atoms with van der Waals surface area (Å²) in [6.45, 7) is 9.41. The Kier molecular flexibility index (Phi) is 4.44. The fourth-order valence-corrected chi connectivity index (χ4v) is 1.90. The smallest absolute Gasteiger partial charge is 0.0945 e. The first-order valence-electron chi connectivity index (χ1n) is 5.29. The molecule has 0 fully saturated rings. The van der Waals surface area contributed by atoms with Crippen LogP contribution in [0.25, 0.3) is 0 Å². The van der Waals surface area contributed by atoms with E-state index in [0.717, 1.165) is 18.9 Å². The summed E-state index contributed by atoms with van der Waals surface area (Å²) in [5, 5.41) is 0. The molecule has 2 atom stereocenters. The van der Waals surface area contributed by atoms with E-state index in [1.165, 1.54) is 6.42 Å². The topological polar surface area (TPSA) is 17.8 Å². The van der Waals surface area contributed by atoms with Crippen molar-refractivity contribution < 1.29 is 0 Å². The normalized spacial score (nSPS) is 15.0. The number of allylic oxidation sites excluding steroid dienone is 1. The highest BCUT2D eigenvalue weighted by molar-refractivity contribution is 4.76. The Morgan fingerprint density at radius 2 is 2.21 bits per heavy atom. The lowest BCUT2D eigenvalue weighted by molar-refractivity contribution is 0.374. The molecule has 0 saturated carbocycles. The number of hydrogen-bond donors (Lipinski definition) is 0. The summed E-state index contributed by atoms with van der Waals surface area (Å²) in [7, 11) is 0. The lowest BCUT2D eigenvalue weighted by Crippen LogP contribution is -2.09. The van der Waals surface area contributed by atoms with E-state index >= 15 is 0 Å². The summed E-state index contributed by atoms with van der Waals surface area (Å²) in [6.07, 6.45) is 10.1. The Hall–Kier alpha value is -1.05. The second-order valence-electron chi connectivity index (χ2n) is 4.23. The number of hydrogen-bond acceptors (Lipinski definition) is 1. The third-order valence-corrected chi connectivity index (χ3v) is 2.46. The Morgan fingerprint density at radius 3 is 2.79 bits per heavy atom. The minimum atomic E-state index is 0.708. The molecule has 1 rings (SSSR count). The molecule has 1 aromatic rings. The summed E-state index contributed by atoms with van der Waals surface area (Å²) in [6, 6.07) is 0. The maximum Gasteiger partial charge on any atom is 0.0945 e. The molecule has 0 bridgehead atoms. The lowest BCUT2D eigenvalue weighted by Gasteiger charge is -2.16. The Labute approximate surface area is 86.7 Å². The van der Waals surface area contributed by atoms with Crippen molar-refractivity contribution in [3.63, 3.8) is 0 Å². The molecule has 1 aromatic heterocycles. The fraction of sp³-hybridized carbons (Fsp3) is 0.583. The van der Waals surface area contributed by atoms with Gasteiger partial charge in [0.2, 0.25) is 0 Å². The average molecular weight is 192 g/mol. The largest absolute Gasteiger partial charge is 0.337 e. The highest BCUT2D eigenvalue weighted by Crippen LogP contribution is 2.16. The van der Waals surface area contributed by atoms with Gasteiger partial charge in [0.1, 0.15) is 0 Å². The fourth-order valence-electron chi connectivity index (χ4n) is 1.90. The van der Waals surface area contributed by atoms with Gasteiger partial charge in [0.25, 0.3) is 0 Å². The van der Waals surface area contributed by atoms with Gasteiger partial charge >= 0.3 is 0 Å². The molecule has 0 N–H and O–H groups in total. The van der Waals surface area contributed by atoms with Crippen LogP contribution in [0.15, 0.2) is 31.4 Å². The molecule has 0 aliphatic heterocycles. The van der Waals surface area contributed by atoms with Gasteiger partial charge in [-0.05, 0) is 24.7 Å². The monoisotopic (exact) mass is 192 g/mol. The quantitative estimate of drug-likeness (QED) is 0.633. The second-order valence-corrected chi connectivity index (χ2v) is 4.23. The minimum Gasteiger partial charge on any atom is -0.337 e. The molecular formula is C12H20N2. The van der Waals surface area contributed by atoms with Gasteiger partial charge in [0.15, 0.2) is 0 Å². The van der Waals surface area contributed by atoms with E-state index in [1.54, 1.807) is 0 Å². The summed E-state index contributed by atoms with van der Waals surface area (Å²) in [5.74, 6) is 1.45.